The number of rotatable bonds is 1. The van der Waals surface area contributed by atoms with Crippen LogP contribution in [0.4, 0.5) is 0 Å². The first-order chi connectivity index (χ1) is 5.33. The fourth-order valence-electron chi connectivity index (χ4n) is 1.96. The number of hydrogen-bond donors (Lipinski definition) is 0. The van der Waals surface area contributed by atoms with E-state index in [0.717, 1.165) is 0 Å². The Balaban J connectivity index is 2.49. The number of aryl methyl sites for hydroxylation is 2. The fraction of sp³-hybridized carbons (Fsp3) is 0.600. The minimum absolute atomic E-state index is 1.23. The largest absolute Gasteiger partial charge is 0.145 e. The van der Waals surface area contributed by atoms with E-state index in [0.29, 0.717) is 0 Å². The van der Waals surface area contributed by atoms with Crippen LogP contribution < -0.4 is 0 Å². The predicted molar refractivity (Wildman–Crippen MR) is 50.5 cm³/mol. The second-order valence-electron chi connectivity index (χ2n) is 3.26. The van der Waals surface area contributed by atoms with Gasteiger partial charge in [0, 0.05) is 9.75 Å². The zero-order valence-corrected chi connectivity index (χ0v) is 8.05. The molecule has 0 radical (unpaired) electrons. The molecule has 1 aromatic rings. The molecule has 0 fully saturated rings. The molecular weight excluding hydrogens is 152 g/mol. The molecule has 1 aliphatic rings. The molecule has 1 aliphatic carbocycles. The lowest BCUT2D eigenvalue weighted by atomic mass is 10.1. The van der Waals surface area contributed by atoms with E-state index in [1.54, 1.807) is 20.9 Å². The molecule has 0 bridgehead atoms. The maximum atomic E-state index is 2.29. The summed E-state index contributed by atoms with van der Waals surface area (Å²) in [5.41, 5.74) is 3.29. The van der Waals surface area contributed by atoms with Gasteiger partial charge < -0.3 is 0 Å². The second kappa shape index (κ2) is 2.63. The quantitative estimate of drug-likeness (QED) is 0.601. The van der Waals surface area contributed by atoms with E-state index in [9.17, 15) is 0 Å². The number of thiophene rings is 1. The highest BCUT2D eigenvalue weighted by molar-refractivity contribution is 7.12. The highest BCUT2D eigenvalue weighted by Gasteiger charge is 2.17. The summed E-state index contributed by atoms with van der Waals surface area (Å²) >= 11 is 2.05. The van der Waals surface area contributed by atoms with E-state index in [2.05, 4.69) is 13.8 Å². The molecule has 0 aliphatic heterocycles. The average molecular weight is 166 g/mol. The maximum Gasteiger partial charge on any atom is 0.00830 e. The van der Waals surface area contributed by atoms with E-state index >= 15 is 0 Å². The molecule has 2 rings (SSSR count). The van der Waals surface area contributed by atoms with Crippen LogP contribution in [-0.4, -0.2) is 0 Å². The van der Waals surface area contributed by atoms with Gasteiger partial charge in [0.25, 0.3) is 0 Å². The molecule has 60 valence electrons. The molecule has 1 heteroatoms. The summed E-state index contributed by atoms with van der Waals surface area (Å²) in [6, 6.07) is 0. The zero-order chi connectivity index (χ0) is 7.84. The van der Waals surface area contributed by atoms with Gasteiger partial charge >= 0.3 is 0 Å². The number of hydrogen-bond acceptors (Lipinski definition) is 1. The van der Waals surface area contributed by atoms with Crippen LogP contribution in [0.5, 0.6) is 0 Å². The van der Waals surface area contributed by atoms with Crippen molar-refractivity contribution in [1.29, 1.82) is 0 Å². The summed E-state index contributed by atoms with van der Waals surface area (Å²) in [6.45, 7) is 4.55. The van der Waals surface area contributed by atoms with Gasteiger partial charge in [-0.25, -0.2) is 0 Å². The van der Waals surface area contributed by atoms with E-state index in [-0.39, 0.29) is 0 Å². The van der Waals surface area contributed by atoms with Crippen LogP contribution in [0.25, 0.3) is 0 Å². The third-order valence-corrected chi connectivity index (χ3v) is 4.14. The molecular formula is C10H14S. The first-order valence-electron chi connectivity index (χ1n) is 4.43. The summed E-state index contributed by atoms with van der Waals surface area (Å²) in [6.07, 6.45) is 5.31. The van der Waals surface area contributed by atoms with E-state index < -0.39 is 0 Å². The molecule has 0 unspecified atom stereocenters. The van der Waals surface area contributed by atoms with Crippen molar-refractivity contribution in [3.05, 3.63) is 20.9 Å². The predicted octanol–water partition coefficient (Wildman–Crippen LogP) is 3.11. The third kappa shape index (κ3) is 1.02. The minimum atomic E-state index is 1.23. The Labute approximate surface area is 72.3 Å². The molecule has 1 aromatic heterocycles. The van der Waals surface area contributed by atoms with Gasteiger partial charge in [0.2, 0.25) is 0 Å². The summed E-state index contributed by atoms with van der Waals surface area (Å²) in [5.74, 6) is 0. The van der Waals surface area contributed by atoms with Crippen molar-refractivity contribution in [2.75, 3.05) is 0 Å². The van der Waals surface area contributed by atoms with Crippen molar-refractivity contribution >= 4 is 11.3 Å². The highest BCUT2D eigenvalue weighted by Crippen LogP contribution is 2.34. The smallest absolute Gasteiger partial charge is 0.00830 e. The maximum absolute atomic E-state index is 2.29. The molecule has 0 spiro atoms. The van der Waals surface area contributed by atoms with Gasteiger partial charge in [0.15, 0.2) is 0 Å². The summed E-state index contributed by atoms with van der Waals surface area (Å²) in [7, 11) is 0. The van der Waals surface area contributed by atoms with E-state index in [1.165, 1.54) is 25.7 Å². The third-order valence-electron chi connectivity index (χ3n) is 2.61. The average Bonchev–Trinajstić information content (AvgIpc) is 2.53. The highest BCUT2D eigenvalue weighted by atomic mass is 32.1. The Bertz CT molecular complexity index is 270. The van der Waals surface area contributed by atoms with Crippen molar-refractivity contribution in [3.8, 4) is 0 Å². The fourth-order valence-corrected chi connectivity index (χ4v) is 3.30. The van der Waals surface area contributed by atoms with Gasteiger partial charge in [0.05, 0.1) is 0 Å². The van der Waals surface area contributed by atoms with E-state index in [4.69, 9.17) is 0 Å². The Hall–Kier alpha value is -0.300. The molecule has 0 saturated carbocycles. The van der Waals surface area contributed by atoms with Crippen LogP contribution in [-0.2, 0) is 19.3 Å². The Morgan fingerprint density at radius 2 is 2.18 bits per heavy atom. The van der Waals surface area contributed by atoms with Gasteiger partial charge in [-0.05, 0) is 43.7 Å². The Kier molecular flexibility index (Phi) is 1.76. The lowest BCUT2D eigenvalue weighted by Crippen LogP contribution is -1.82. The van der Waals surface area contributed by atoms with Crippen molar-refractivity contribution < 1.29 is 0 Å². The van der Waals surface area contributed by atoms with Crippen molar-refractivity contribution in [2.24, 2.45) is 0 Å². The van der Waals surface area contributed by atoms with Crippen LogP contribution >= 0.6 is 11.3 Å². The standard InChI is InChI=1S/C10H14S/c1-3-9-7(2)8-5-4-6-10(8)11-9/h3-6H2,1-2H3. The van der Waals surface area contributed by atoms with Crippen molar-refractivity contribution in [1.82, 2.24) is 0 Å². The van der Waals surface area contributed by atoms with Gasteiger partial charge in [-0.3, -0.25) is 0 Å². The van der Waals surface area contributed by atoms with Gasteiger partial charge in [-0.2, -0.15) is 0 Å². The normalized spacial score (nSPS) is 15.5. The molecule has 0 aromatic carbocycles. The van der Waals surface area contributed by atoms with Gasteiger partial charge in [0.1, 0.15) is 0 Å². The van der Waals surface area contributed by atoms with E-state index in [1.807, 2.05) is 11.3 Å². The summed E-state index contributed by atoms with van der Waals surface area (Å²) < 4.78 is 0. The lowest BCUT2D eigenvalue weighted by Gasteiger charge is -1.95. The summed E-state index contributed by atoms with van der Waals surface area (Å²) in [4.78, 5) is 3.30. The van der Waals surface area contributed by atoms with Crippen LogP contribution in [0.15, 0.2) is 0 Å². The molecule has 1 heterocycles. The molecule has 0 saturated heterocycles. The Morgan fingerprint density at radius 1 is 1.36 bits per heavy atom. The first-order valence-corrected chi connectivity index (χ1v) is 5.24. The van der Waals surface area contributed by atoms with Crippen LogP contribution in [0.2, 0.25) is 0 Å². The first kappa shape index (κ1) is 7.35. The molecule has 11 heavy (non-hydrogen) atoms. The minimum Gasteiger partial charge on any atom is -0.145 e. The monoisotopic (exact) mass is 166 g/mol. The molecule has 0 nitrogen and oxygen atoms in total. The van der Waals surface area contributed by atoms with Crippen molar-refractivity contribution in [3.63, 3.8) is 0 Å². The SMILES string of the molecule is CCc1sc2c(c1C)CCC2. The zero-order valence-electron chi connectivity index (χ0n) is 7.24. The van der Waals surface area contributed by atoms with Crippen LogP contribution in [0.3, 0.4) is 0 Å². The van der Waals surface area contributed by atoms with Crippen LogP contribution in [0, 0.1) is 6.92 Å². The molecule has 0 atom stereocenters. The lowest BCUT2D eigenvalue weighted by molar-refractivity contribution is 0.909. The van der Waals surface area contributed by atoms with Gasteiger partial charge in [-0.1, -0.05) is 6.92 Å². The van der Waals surface area contributed by atoms with Gasteiger partial charge in [-0.15, -0.1) is 11.3 Å². The number of fused-ring (bicyclic) bond motifs is 1. The van der Waals surface area contributed by atoms with Crippen LogP contribution in [0.1, 0.15) is 34.2 Å². The molecule has 0 N–H and O–H groups in total. The second-order valence-corrected chi connectivity index (χ2v) is 4.45. The topological polar surface area (TPSA) is 0 Å². The van der Waals surface area contributed by atoms with Crippen molar-refractivity contribution in [2.45, 2.75) is 39.5 Å². The summed E-state index contributed by atoms with van der Waals surface area (Å²) in [5, 5.41) is 0. The molecule has 0 amide bonds. The Morgan fingerprint density at radius 3 is 2.82 bits per heavy atom.